The van der Waals surface area contributed by atoms with E-state index in [0.717, 1.165) is 12.8 Å². The van der Waals surface area contributed by atoms with Crippen LogP contribution in [0.1, 0.15) is 33.1 Å². The lowest BCUT2D eigenvalue weighted by Crippen LogP contribution is -2.24. The van der Waals surface area contributed by atoms with Gasteiger partial charge in [0, 0.05) is 18.1 Å². The fourth-order valence-corrected chi connectivity index (χ4v) is 2.25. The highest BCUT2D eigenvalue weighted by atomic mass is 32.1. The summed E-state index contributed by atoms with van der Waals surface area (Å²) in [5.41, 5.74) is 0.0844. The van der Waals surface area contributed by atoms with E-state index in [1.165, 1.54) is 18.0 Å². The molecule has 0 aliphatic rings. The van der Waals surface area contributed by atoms with Crippen molar-refractivity contribution in [2.75, 3.05) is 6.61 Å². The van der Waals surface area contributed by atoms with Crippen molar-refractivity contribution in [1.29, 1.82) is 0 Å². The Morgan fingerprint density at radius 3 is 2.87 bits per heavy atom. The largest absolute Gasteiger partial charge is 0.377 e. The third-order valence-corrected chi connectivity index (χ3v) is 3.14. The number of ether oxygens (including phenoxy) is 1. The first-order valence-corrected chi connectivity index (χ1v) is 6.38. The van der Waals surface area contributed by atoms with Gasteiger partial charge >= 0.3 is 0 Å². The van der Waals surface area contributed by atoms with Gasteiger partial charge in [-0.3, -0.25) is 8.75 Å². The van der Waals surface area contributed by atoms with Crippen LogP contribution in [0.2, 0.25) is 0 Å². The van der Waals surface area contributed by atoms with Crippen molar-refractivity contribution in [3.63, 3.8) is 0 Å². The molecule has 1 aromatic rings. The van der Waals surface area contributed by atoms with Crippen LogP contribution >= 0.6 is 11.5 Å². The molecular formula is C11H19NO2S. The van der Waals surface area contributed by atoms with Gasteiger partial charge in [-0.15, -0.1) is 0 Å². The van der Waals surface area contributed by atoms with Gasteiger partial charge in [-0.25, -0.2) is 0 Å². The Bertz CT molecular complexity index is 318. The molecule has 3 nitrogen and oxygen atoms in total. The molecular weight excluding hydrogens is 210 g/mol. The molecule has 0 saturated carbocycles. The standard InChI is InChI=1S/C11H19NO2S/c1-3-5-6-10(14-4-2)9-12-11(13)7-8-15-12/h7-8,10H,3-6,9H2,1-2H3. The van der Waals surface area contributed by atoms with Gasteiger partial charge in [-0.2, -0.15) is 0 Å². The number of hydrogen-bond acceptors (Lipinski definition) is 3. The second-order valence-corrected chi connectivity index (χ2v) is 4.45. The van der Waals surface area contributed by atoms with Gasteiger partial charge in [0.2, 0.25) is 0 Å². The van der Waals surface area contributed by atoms with Gasteiger partial charge in [0.05, 0.1) is 12.6 Å². The molecule has 0 saturated heterocycles. The van der Waals surface area contributed by atoms with Crippen molar-refractivity contribution in [2.45, 2.75) is 45.8 Å². The van der Waals surface area contributed by atoms with E-state index >= 15 is 0 Å². The zero-order chi connectivity index (χ0) is 11.1. The highest BCUT2D eigenvalue weighted by Crippen LogP contribution is 2.08. The highest BCUT2D eigenvalue weighted by Gasteiger charge is 2.10. The quantitative estimate of drug-likeness (QED) is 0.719. The minimum atomic E-state index is 0.0844. The Hall–Kier alpha value is -0.610. The first-order valence-electron chi connectivity index (χ1n) is 5.54. The normalized spacial score (nSPS) is 12.9. The van der Waals surface area contributed by atoms with E-state index < -0.39 is 0 Å². The molecule has 0 spiro atoms. The molecule has 1 atom stereocenters. The maximum atomic E-state index is 11.4. The topological polar surface area (TPSA) is 31.2 Å². The lowest BCUT2D eigenvalue weighted by Gasteiger charge is -2.16. The summed E-state index contributed by atoms with van der Waals surface area (Å²) >= 11 is 1.46. The number of hydrogen-bond donors (Lipinski definition) is 0. The number of aromatic nitrogens is 1. The predicted octanol–water partition coefficient (Wildman–Crippen LogP) is 2.51. The zero-order valence-electron chi connectivity index (χ0n) is 9.44. The minimum Gasteiger partial charge on any atom is -0.377 e. The molecule has 0 amide bonds. The van der Waals surface area contributed by atoms with Gasteiger partial charge < -0.3 is 4.74 Å². The van der Waals surface area contributed by atoms with Crippen LogP contribution in [0.15, 0.2) is 16.2 Å². The number of nitrogens with zero attached hydrogens (tertiary/aromatic N) is 1. The van der Waals surface area contributed by atoms with Crippen molar-refractivity contribution in [2.24, 2.45) is 0 Å². The maximum absolute atomic E-state index is 11.4. The van der Waals surface area contributed by atoms with E-state index in [-0.39, 0.29) is 11.7 Å². The Morgan fingerprint density at radius 1 is 1.53 bits per heavy atom. The summed E-state index contributed by atoms with van der Waals surface area (Å²) in [5.74, 6) is 0. The minimum absolute atomic E-state index is 0.0844. The Morgan fingerprint density at radius 2 is 2.33 bits per heavy atom. The summed E-state index contributed by atoms with van der Waals surface area (Å²) in [5, 5.41) is 1.82. The fraction of sp³-hybridized carbons (Fsp3) is 0.727. The Balaban J connectivity index is 2.50. The Kier molecular flexibility index (Phi) is 5.65. The van der Waals surface area contributed by atoms with Crippen molar-refractivity contribution < 1.29 is 4.74 Å². The van der Waals surface area contributed by atoms with Crippen LogP contribution in [0.3, 0.4) is 0 Å². The molecule has 4 heteroatoms. The summed E-state index contributed by atoms with van der Waals surface area (Å²) in [6.07, 6.45) is 3.55. The molecule has 0 N–H and O–H groups in total. The van der Waals surface area contributed by atoms with E-state index in [0.29, 0.717) is 13.2 Å². The molecule has 1 unspecified atom stereocenters. The van der Waals surface area contributed by atoms with Crippen LogP contribution in [0.4, 0.5) is 0 Å². The first kappa shape index (κ1) is 12.5. The molecule has 0 aliphatic heterocycles. The number of rotatable bonds is 7. The van der Waals surface area contributed by atoms with E-state index in [9.17, 15) is 4.79 Å². The highest BCUT2D eigenvalue weighted by molar-refractivity contribution is 7.04. The summed E-state index contributed by atoms with van der Waals surface area (Å²) in [6.45, 7) is 5.58. The molecule has 1 aromatic heterocycles. The van der Waals surface area contributed by atoms with E-state index in [2.05, 4.69) is 6.92 Å². The van der Waals surface area contributed by atoms with Crippen molar-refractivity contribution in [3.05, 3.63) is 21.8 Å². The molecule has 0 aromatic carbocycles. The average molecular weight is 229 g/mol. The van der Waals surface area contributed by atoms with Crippen molar-refractivity contribution >= 4 is 11.5 Å². The molecule has 0 radical (unpaired) electrons. The molecule has 15 heavy (non-hydrogen) atoms. The average Bonchev–Trinajstić information content (AvgIpc) is 2.61. The smallest absolute Gasteiger partial charge is 0.260 e. The van der Waals surface area contributed by atoms with Crippen LogP contribution in [-0.2, 0) is 11.3 Å². The lowest BCUT2D eigenvalue weighted by atomic mass is 10.1. The third kappa shape index (κ3) is 4.18. The maximum Gasteiger partial charge on any atom is 0.260 e. The second-order valence-electron chi connectivity index (χ2n) is 3.53. The summed E-state index contributed by atoms with van der Waals surface area (Å²) in [4.78, 5) is 11.4. The second kappa shape index (κ2) is 6.80. The van der Waals surface area contributed by atoms with Crippen molar-refractivity contribution in [1.82, 2.24) is 3.96 Å². The van der Waals surface area contributed by atoms with Gasteiger partial charge in [-0.05, 0) is 13.3 Å². The molecule has 0 fully saturated rings. The van der Waals surface area contributed by atoms with Gasteiger partial charge in [-0.1, -0.05) is 31.3 Å². The molecule has 0 aliphatic carbocycles. The van der Waals surface area contributed by atoms with Gasteiger partial charge in [0.15, 0.2) is 0 Å². The van der Waals surface area contributed by atoms with E-state index in [4.69, 9.17) is 4.74 Å². The monoisotopic (exact) mass is 229 g/mol. The SMILES string of the molecule is CCCCC(Cn1sccc1=O)OCC. The lowest BCUT2D eigenvalue weighted by molar-refractivity contribution is 0.0445. The molecule has 1 heterocycles. The van der Waals surface area contributed by atoms with Crippen molar-refractivity contribution in [3.8, 4) is 0 Å². The zero-order valence-corrected chi connectivity index (χ0v) is 10.3. The van der Waals surface area contributed by atoms with Gasteiger partial charge in [0.25, 0.3) is 5.56 Å². The molecule has 86 valence electrons. The van der Waals surface area contributed by atoms with Crippen LogP contribution in [-0.4, -0.2) is 16.7 Å². The first-order chi connectivity index (χ1) is 7.27. The fourth-order valence-electron chi connectivity index (χ4n) is 1.51. The van der Waals surface area contributed by atoms with Crippen LogP contribution in [0, 0.1) is 0 Å². The van der Waals surface area contributed by atoms with Crippen LogP contribution in [0.5, 0.6) is 0 Å². The third-order valence-electron chi connectivity index (χ3n) is 2.30. The molecule has 0 bridgehead atoms. The number of unbranched alkanes of at least 4 members (excludes halogenated alkanes) is 1. The predicted molar refractivity (Wildman–Crippen MR) is 63.5 cm³/mol. The summed E-state index contributed by atoms with van der Waals surface area (Å²) < 4.78 is 7.38. The molecule has 1 rings (SSSR count). The van der Waals surface area contributed by atoms with E-state index in [1.807, 2.05) is 12.3 Å². The van der Waals surface area contributed by atoms with Crippen LogP contribution < -0.4 is 5.56 Å². The summed E-state index contributed by atoms with van der Waals surface area (Å²) in [7, 11) is 0. The van der Waals surface area contributed by atoms with Gasteiger partial charge in [0.1, 0.15) is 0 Å². The van der Waals surface area contributed by atoms with Crippen LogP contribution in [0.25, 0.3) is 0 Å². The Labute approximate surface area is 94.8 Å². The summed E-state index contributed by atoms with van der Waals surface area (Å²) in [6, 6.07) is 1.60. The van der Waals surface area contributed by atoms with E-state index in [1.54, 1.807) is 10.0 Å².